The van der Waals surface area contributed by atoms with Gasteiger partial charge in [-0.05, 0) is 54.7 Å². The van der Waals surface area contributed by atoms with Crippen LogP contribution in [0.4, 0.5) is 5.69 Å². The monoisotopic (exact) mass is 450 g/mol. The van der Waals surface area contributed by atoms with E-state index >= 15 is 0 Å². The highest BCUT2D eigenvalue weighted by Gasteiger charge is 2.12. The largest absolute Gasteiger partial charge is 0.465 e. The summed E-state index contributed by atoms with van der Waals surface area (Å²) in [6, 6.07) is 17.4. The average molecular weight is 451 g/mol. The quantitative estimate of drug-likeness (QED) is 0.251. The molecule has 0 aliphatic rings. The fraction of sp³-hybridized carbons (Fsp3) is 0. The number of hydrogen-bond acceptors (Lipinski definition) is 5. The second-order valence-corrected chi connectivity index (χ2v) is 7.29. The number of nitrogens with one attached hydrogen (secondary N) is 2. The van der Waals surface area contributed by atoms with Crippen molar-refractivity contribution in [3.05, 3.63) is 94.2 Å². The lowest BCUT2D eigenvalue weighted by Gasteiger charge is -2.10. The third-order valence-corrected chi connectivity index (χ3v) is 4.85. The summed E-state index contributed by atoms with van der Waals surface area (Å²) >= 11 is 11.6. The van der Waals surface area contributed by atoms with Gasteiger partial charge in [0.25, 0.3) is 0 Å². The molecule has 0 saturated carbocycles. The summed E-state index contributed by atoms with van der Waals surface area (Å²) in [6.07, 6.45) is 4.35. The van der Waals surface area contributed by atoms with Gasteiger partial charge in [0.2, 0.25) is 5.91 Å². The second kappa shape index (κ2) is 8.99. The molecule has 0 unspecified atom stereocenters. The number of para-hydroxylation sites is 1. The molecule has 31 heavy (non-hydrogen) atoms. The van der Waals surface area contributed by atoms with Gasteiger partial charge >= 0.3 is 5.63 Å². The molecule has 0 spiro atoms. The maximum atomic E-state index is 12.4. The number of amides is 1. The zero-order valence-electron chi connectivity index (χ0n) is 15.9. The van der Waals surface area contributed by atoms with E-state index in [-0.39, 0.29) is 5.11 Å². The summed E-state index contributed by atoms with van der Waals surface area (Å²) in [4.78, 5) is 24.3. The number of hydrogen-bond donors (Lipinski definition) is 2. The Labute approximate surface area is 187 Å². The fourth-order valence-corrected chi connectivity index (χ4v) is 3.42. The van der Waals surface area contributed by atoms with E-state index in [0.717, 1.165) is 5.39 Å². The third-order valence-electron chi connectivity index (χ3n) is 4.34. The van der Waals surface area contributed by atoms with Crippen molar-refractivity contribution in [2.75, 3.05) is 5.32 Å². The lowest BCUT2D eigenvalue weighted by Crippen LogP contribution is -2.32. The third kappa shape index (κ3) is 4.91. The van der Waals surface area contributed by atoms with Crippen LogP contribution in [0.5, 0.6) is 0 Å². The first-order valence-electron chi connectivity index (χ1n) is 9.16. The van der Waals surface area contributed by atoms with Gasteiger partial charge < -0.3 is 14.2 Å². The zero-order chi connectivity index (χ0) is 21.8. The van der Waals surface area contributed by atoms with Crippen LogP contribution in [0.25, 0.3) is 28.2 Å². The Morgan fingerprint density at radius 1 is 1.03 bits per heavy atom. The van der Waals surface area contributed by atoms with Gasteiger partial charge in [-0.15, -0.1) is 0 Å². The van der Waals surface area contributed by atoms with Crippen LogP contribution in [-0.2, 0) is 4.79 Å². The van der Waals surface area contributed by atoms with Gasteiger partial charge in [-0.2, -0.15) is 0 Å². The van der Waals surface area contributed by atoms with Gasteiger partial charge in [0.05, 0.1) is 16.8 Å². The average Bonchev–Trinajstić information content (AvgIpc) is 3.26. The molecule has 2 aromatic carbocycles. The molecule has 0 fully saturated rings. The minimum Gasteiger partial charge on any atom is -0.465 e. The topological polar surface area (TPSA) is 84.5 Å². The predicted molar refractivity (Wildman–Crippen MR) is 125 cm³/mol. The first-order chi connectivity index (χ1) is 15.0. The minimum atomic E-state index is -0.479. The Morgan fingerprint density at radius 2 is 1.87 bits per heavy atom. The molecule has 6 nitrogen and oxygen atoms in total. The molecule has 2 aromatic heterocycles. The summed E-state index contributed by atoms with van der Waals surface area (Å²) in [7, 11) is 0. The Morgan fingerprint density at radius 3 is 2.65 bits per heavy atom. The number of thiocarbonyl (C=S) groups is 1. The van der Waals surface area contributed by atoms with E-state index in [1.165, 1.54) is 18.4 Å². The molecule has 0 atom stereocenters. The van der Waals surface area contributed by atoms with Crippen LogP contribution < -0.4 is 16.3 Å². The molecule has 2 N–H and O–H groups in total. The molecule has 8 heteroatoms. The van der Waals surface area contributed by atoms with Gasteiger partial charge in [-0.3, -0.25) is 10.1 Å². The van der Waals surface area contributed by atoms with E-state index in [4.69, 9.17) is 32.7 Å². The Kier molecular flexibility index (Phi) is 5.97. The van der Waals surface area contributed by atoms with Crippen LogP contribution in [0.15, 0.2) is 86.6 Å². The van der Waals surface area contributed by atoms with E-state index < -0.39 is 11.5 Å². The molecule has 1 amide bonds. The molecule has 4 rings (SSSR count). The SMILES string of the molecule is O=C(C=Cc1ccco1)NC(=S)Nc1ccc(-c2cc3ccccc3oc2=O)c(Cl)c1. The number of halogens is 1. The van der Waals surface area contributed by atoms with Crippen LogP contribution in [-0.4, -0.2) is 11.0 Å². The second-order valence-electron chi connectivity index (χ2n) is 6.47. The summed E-state index contributed by atoms with van der Waals surface area (Å²) < 4.78 is 10.5. The van der Waals surface area contributed by atoms with Gasteiger partial charge in [0, 0.05) is 22.7 Å². The Bertz CT molecular complexity index is 1360. The van der Waals surface area contributed by atoms with Gasteiger partial charge in [-0.1, -0.05) is 35.9 Å². The highest BCUT2D eigenvalue weighted by Crippen LogP contribution is 2.30. The van der Waals surface area contributed by atoms with Gasteiger partial charge in [-0.25, -0.2) is 4.79 Å². The molecular formula is C23H15ClN2O4S. The maximum absolute atomic E-state index is 12.4. The van der Waals surface area contributed by atoms with Crippen LogP contribution >= 0.6 is 23.8 Å². The molecular weight excluding hydrogens is 436 g/mol. The molecule has 0 bridgehead atoms. The van der Waals surface area contributed by atoms with E-state index in [9.17, 15) is 9.59 Å². The Hall–Kier alpha value is -3.68. The van der Waals surface area contributed by atoms with E-state index in [1.807, 2.05) is 12.1 Å². The number of carbonyl (C=O) groups is 1. The molecule has 0 aliphatic carbocycles. The maximum Gasteiger partial charge on any atom is 0.344 e. The summed E-state index contributed by atoms with van der Waals surface area (Å²) in [5.74, 6) is 0.139. The number of anilines is 1. The van der Waals surface area contributed by atoms with E-state index in [0.29, 0.717) is 33.2 Å². The Balaban J connectivity index is 1.47. The number of benzene rings is 2. The molecule has 0 aliphatic heterocycles. The van der Waals surface area contributed by atoms with Crippen molar-refractivity contribution in [3.8, 4) is 11.1 Å². The van der Waals surface area contributed by atoms with Crippen molar-refractivity contribution < 1.29 is 13.6 Å². The standard InChI is InChI=1S/C23H15ClN2O4S/c24-19-13-15(25-23(31)26-21(27)10-8-16-5-3-11-29-16)7-9-17(19)18-12-14-4-1-2-6-20(14)30-22(18)28/h1-13H,(H2,25,26,27,31). The van der Waals surface area contributed by atoms with Crippen molar-refractivity contribution in [2.24, 2.45) is 0 Å². The normalized spacial score (nSPS) is 11.0. The first-order valence-corrected chi connectivity index (χ1v) is 9.94. The lowest BCUT2D eigenvalue weighted by molar-refractivity contribution is -0.115. The first kappa shape index (κ1) is 20.6. The van der Waals surface area contributed by atoms with E-state index in [2.05, 4.69) is 10.6 Å². The van der Waals surface area contributed by atoms with Gasteiger partial charge in [0.15, 0.2) is 5.11 Å². The number of carbonyl (C=O) groups excluding carboxylic acids is 1. The smallest absolute Gasteiger partial charge is 0.344 e. The summed E-state index contributed by atoms with van der Waals surface area (Å²) in [5, 5.41) is 6.64. The fourth-order valence-electron chi connectivity index (χ4n) is 2.92. The molecule has 154 valence electrons. The van der Waals surface area contributed by atoms with Crippen LogP contribution in [0, 0.1) is 0 Å². The molecule has 0 radical (unpaired) electrons. The van der Waals surface area contributed by atoms with Crippen molar-refractivity contribution in [3.63, 3.8) is 0 Å². The number of rotatable bonds is 4. The van der Waals surface area contributed by atoms with Crippen molar-refractivity contribution in [2.45, 2.75) is 0 Å². The number of fused-ring (bicyclic) bond motifs is 1. The zero-order valence-corrected chi connectivity index (χ0v) is 17.5. The van der Waals surface area contributed by atoms with Gasteiger partial charge in [0.1, 0.15) is 11.3 Å². The predicted octanol–water partition coefficient (Wildman–Crippen LogP) is 5.23. The van der Waals surface area contributed by atoms with E-state index in [1.54, 1.807) is 48.5 Å². The highest BCUT2D eigenvalue weighted by atomic mass is 35.5. The van der Waals surface area contributed by atoms with Crippen molar-refractivity contribution in [1.82, 2.24) is 5.32 Å². The molecule has 2 heterocycles. The summed E-state index contributed by atoms with van der Waals surface area (Å²) in [5.41, 5.74) is 1.47. The van der Waals surface area contributed by atoms with Crippen LogP contribution in [0.2, 0.25) is 5.02 Å². The van der Waals surface area contributed by atoms with Crippen molar-refractivity contribution >= 4 is 57.6 Å². The van der Waals surface area contributed by atoms with Crippen LogP contribution in [0.1, 0.15) is 5.76 Å². The lowest BCUT2D eigenvalue weighted by atomic mass is 10.1. The molecule has 4 aromatic rings. The highest BCUT2D eigenvalue weighted by molar-refractivity contribution is 7.80. The van der Waals surface area contributed by atoms with Crippen molar-refractivity contribution in [1.29, 1.82) is 0 Å². The van der Waals surface area contributed by atoms with Crippen LogP contribution in [0.3, 0.4) is 0 Å². The minimum absolute atomic E-state index is 0.100. The molecule has 0 saturated heterocycles. The summed E-state index contributed by atoms with van der Waals surface area (Å²) in [6.45, 7) is 0. The number of furan rings is 1.